The number of ether oxygens (including phenoxy) is 1. The van der Waals surface area contributed by atoms with Gasteiger partial charge in [0.2, 0.25) is 0 Å². The van der Waals surface area contributed by atoms with Crippen molar-refractivity contribution in [3.8, 4) is 5.75 Å². The lowest BCUT2D eigenvalue weighted by molar-refractivity contribution is 0.230. The quantitative estimate of drug-likeness (QED) is 0.672. The molecule has 0 radical (unpaired) electrons. The Bertz CT molecular complexity index is 811. The molecule has 4 heteroatoms. The minimum absolute atomic E-state index is 0.239. The standard InChI is InChI=1S/C23H26N2OS/c1-2-7-19(8-3-1)17-26-22-10-5-4-9-21(22)23(20-11-16-27-18-20)25-14-6-12-24-13-15-25/h1-5,7-11,16,18,23-24H,6,12-15,17H2. The summed E-state index contributed by atoms with van der Waals surface area (Å²) in [5, 5.41) is 7.97. The van der Waals surface area contributed by atoms with Crippen LogP contribution in [0.3, 0.4) is 0 Å². The molecule has 1 saturated heterocycles. The Hall–Kier alpha value is -2.14. The Morgan fingerprint density at radius 1 is 0.963 bits per heavy atom. The Kier molecular flexibility index (Phi) is 6.20. The van der Waals surface area contributed by atoms with Crippen LogP contribution in [0.1, 0.15) is 29.2 Å². The average Bonchev–Trinajstić information content (AvgIpc) is 3.11. The number of nitrogens with one attached hydrogen (secondary N) is 1. The highest BCUT2D eigenvalue weighted by atomic mass is 32.1. The molecule has 4 rings (SSSR count). The highest BCUT2D eigenvalue weighted by molar-refractivity contribution is 7.08. The molecule has 1 aromatic heterocycles. The largest absolute Gasteiger partial charge is 0.489 e. The van der Waals surface area contributed by atoms with E-state index in [4.69, 9.17) is 4.74 Å². The van der Waals surface area contributed by atoms with E-state index in [1.54, 1.807) is 11.3 Å². The van der Waals surface area contributed by atoms with Gasteiger partial charge < -0.3 is 10.1 Å². The zero-order valence-electron chi connectivity index (χ0n) is 15.5. The second-order valence-corrected chi connectivity index (χ2v) is 7.69. The van der Waals surface area contributed by atoms with Gasteiger partial charge in [-0.25, -0.2) is 0 Å². The van der Waals surface area contributed by atoms with Gasteiger partial charge in [0.1, 0.15) is 12.4 Å². The monoisotopic (exact) mass is 378 g/mol. The number of nitrogens with zero attached hydrogens (tertiary/aromatic N) is 1. The van der Waals surface area contributed by atoms with Gasteiger partial charge in [0, 0.05) is 25.2 Å². The molecule has 1 aliphatic rings. The Balaban J connectivity index is 1.63. The van der Waals surface area contributed by atoms with Gasteiger partial charge in [-0.15, -0.1) is 0 Å². The van der Waals surface area contributed by atoms with Gasteiger partial charge in [0.25, 0.3) is 0 Å². The van der Waals surface area contributed by atoms with Crippen molar-refractivity contribution >= 4 is 11.3 Å². The number of hydrogen-bond donors (Lipinski definition) is 1. The summed E-state index contributed by atoms with van der Waals surface area (Å²) in [7, 11) is 0. The average molecular weight is 379 g/mol. The predicted molar refractivity (Wildman–Crippen MR) is 112 cm³/mol. The lowest BCUT2D eigenvalue weighted by atomic mass is 9.98. The molecule has 27 heavy (non-hydrogen) atoms. The molecule has 1 unspecified atom stereocenters. The van der Waals surface area contributed by atoms with E-state index in [9.17, 15) is 0 Å². The second-order valence-electron chi connectivity index (χ2n) is 6.91. The van der Waals surface area contributed by atoms with Crippen LogP contribution in [0, 0.1) is 0 Å². The van der Waals surface area contributed by atoms with Gasteiger partial charge >= 0.3 is 0 Å². The molecule has 2 aromatic carbocycles. The number of para-hydroxylation sites is 1. The third-order valence-electron chi connectivity index (χ3n) is 5.05. The first kappa shape index (κ1) is 18.2. The van der Waals surface area contributed by atoms with Crippen molar-refractivity contribution in [2.75, 3.05) is 26.2 Å². The fourth-order valence-corrected chi connectivity index (χ4v) is 4.39. The zero-order valence-corrected chi connectivity index (χ0v) is 16.3. The SMILES string of the molecule is c1ccc(COc2ccccc2C(c2ccsc2)N2CCCNCC2)cc1. The van der Waals surface area contributed by atoms with E-state index >= 15 is 0 Å². The maximum atomic E-state index is 6.29. The first-order valence-corrected chi connectivity index (χ1v) is 10.6. The molecule has 1 aliphatic heterocycles. The Morgan fingerprint density at radius 2 is 1.81 bits per heavy atom. The fourth-order valence-electron chi connectivity index (χ4n) is 3.72. The van der Waals surface area contributed by atoms with Gasteiger partial charge in [-0.05, 0) is 47.0 Å². The lowest BCUT2D eigenvalue weighted by Crippen LogP contribution is -2.33. The topological polar surface area (TPSA) is 24.5 Å². The van der Waals surface area contributed by atoms with Crippen molar-refractivity contribution in [3.05, 3.63) is 88.1 Å². The van der Waals surface area contributed by atoms with Gasteiger partial charge in [0.15, 0.2) is 0 Å². The molecule has 0 amide bonds. The van der Waals surface area contributed by atoms with Crippen LogP contribution < -0.4 is 10.1 Å². The number of benzene rings is 2. The van der Waals surface area contributed by atoms with E-state index in [-0.39, 0.29) is 6.04 Å². The predicted octanol–water partition coefficient (Wildman–Crippen LogP) is 4.71. The van der Waals surface area contributed by atoms with E-state index in [1.807, 2.05) is 6.07 Å². The second kappa shape index (κ2) is 9.18. The Labute approximate surface area is 165 Å². The van der Waals surface area contributed by atoms with Gasteiger partial charge in [-0.2, -0.15) is 11.3 Å². The molecule has 1 fully saturated rings. The highest BCUT2D eigenvalue weighted by Gasteiger charge is 2.26. The van der Waals surface area contributed by atoms with Gasteiger partial charge in [-0.1, -0.05) is 48.5 Å². The summed E-state index contributed by atoms with van der Waals surface area (Å²) in [6.45, 7) is 4.87. The maximum absolute atomic E-state index is 6.29. The van der Waals surface area contributed by atoms with E-state index in [1.165, 1.54) is 23.1 Å². The van der Waals surface area contributed by atoms with Crippen molar-refractivity contribution in [2.24, 2.45) is 0 Å². The van der Waals surface area contributed by atoms with Crippen LogP contribution in [0.15, 0.2) is 71.4 Å². The summed E-state index contributed by atoms with van der Waals surface area (Å²) < 4.78 is 6.29. The molecule has 0 spiro atoms. The molecule has 1 N–H and O–H groups in total. The van der Waals surface area contributed by atoms with Gasteiger partial charge in [0.05, 0.1) is 6.04 Å². The van der Waals surface area contributed by atoms with E-state index in [2.05, 4.69) is 75.6 Å². The molecule has 3 aromatic rings. The van der Waals surface area contributed by atoms with Crippen molar-refractivity contribution in [3.63, 3.8) is 0 Å². The van der Waals surface area contributed by atoms with Crippen LogP contribution in [0.2, 0.25) is 0 Å². The smallest absolute Gasteiger partial charge is 0.124 e. The normalized spacial score (nSPS) is 16.6. The first-order valence-electron chi connectivity index (χ1n) is 9.64. The van der Waals surface area contributed by atoms with E-state index < -0.39 is 0 Å². The number of thiophene rings is 1. The van der Waals surface area contributed by atoms with Crippen LogP contribution >= 0.6 is 11.3 Å². The summed E-state index contributed by atoms with van der Waals surface area (Å²) in [6.07, 6.45) is 1.17. The number of hydrogen-bond acceptors (Lipinski definition) is 4. The molecule has 3 nitrogen and oxygen atoms in total. The van der Waals surface area contributed by atoms with E-state index in [0.29, 0.717) is 6.61 Å². The summed E-state index contributed by atoms with van der Waals surface area (Å²) in [5.74, 6) is 0.981. The van der Waals surface area contributed by atoms with Crippen LogP contribution in [-0.2, 0) is 6.61 Å². The Morgan fingerprint density at radius 3 is 2.67 bits per heavy atom. The summed E-state index contributed by atoms with van der Waals surface area (Å²) in [6, 6.07) is 21.4. The molecular weight excluding hydrogens is 352 g/mol. The molecule has 0 aliphatic carbocycles. The van der Waals surface area contributed by atoms with E-state index in [0.717, 1.165) is 31.9 Å². The van der Waals surface area contributed by atoms with Crippen LogP contribution in [0.5, 0.6) is 5.75 Å². The summed E-state index contributed by atoms with van der Waals surface area (Å²) in [4.78, 5) is 2.59. The summed E-state index contributed by atoms with van der Waals surface area (Å²) >= 11 is 1.76. The minimum atomic E-state index is 0.239. The molecular formula is C23H26N2OS. The maximum Gasteiger partial charge on any atom is 0.124 e. The lowest BCUT2D eigenvalue weighted by Gasteiger charge is -2.31. The molecule has 1 atom stereocenters. The first-order chi connectivity index (χ1) is 13.4. The zero-order chi connectivity index (χ0) is 18.3. The molecule has 140 valence electrons. The minimum Gasteiger partial charge on any atom is -0.489 e. The van der Waals surface area contributed by atoms with Crippen LogP contribution in [0.4, 0.5) is 0 Å². The van der Waals surface area contributed by atoms with Crippen molar-refractivity contribution in [1.29, 1.82) is 0 Å². The van der Waals surface area contributed by atoms with Crippen LogP contribution in [-0.4, -0.2) is 31.1 Å². The highest BCUT2D eigenvalue weighted by Crippen LogP contribution is 2.36. The van der Waals surface area contributed by atoms with Gasteiger partial charge in [-0.3, -0.25) is 4.90 Å². The third-order valence-corrected chi connectivity index (χ3v) is 5.75. The van der Waals surface area contributed by atoms with Crippen molar-refractivity contribution in [2.45, 2.75) is 19.1 Å². The summed E-state index contributed by atoms with van der Waals surface area (Å²) in [5.41, 5.74) is 3.81. The van der Waals surface area contributed by atoms with Crippen molar-refractivity contribution in [1.82, 2.24) is 10.2 Å². The van der Waals surface area contributed by atoms with Crippen LogP contribution in [0.25, 0.3) is 0 Å². The molecule has 2 heterocycles. The number of rotatable bonds is 6. The molecule has 0 saturated carbocycles. The fraction of sp³-hybridized carbons (Fsp3) is 0.304. The van der Waals surface area contributed by atoms with Crippen molar-refractivity contribution < 1.29 is 4.74 Å². The molecule has 0 bridgehead atoms. The third kappa shape index (κ3) is 4.59.